The predicted molar refractivity (Wildman–Crippen MR) is 60.7 cm³/mol. The third-order valence-corrected chi connectivity index (χ3v) is 2.15. The van der Waals surface area contributed by atoms with Gasteiger partial charge in [0.1, 0.15) is 5.75 Å². The van der Waals surface area contributed by atoms with Gasteiger partial charge in [-0.3, -0.25) is 0 Å². The molecule has 0 aromatic heterocycles. The molecule has 0 aliphatic carbocycles. The fraction of sp³-hybridized carbons (Fsp3) is 0.538. The van der Waals surface area contributed by atoms with Crippen LogP contribution in [0.1, 0.15) is 40.9 Å². The second kappa shape index (κ2) is 6.47. The SMILES string of the molecule is [2H][C@H](CCC)[C@@H](CC)Oc1ccccc1. The largest absolute Gasteiger partial charge is 0.490 e. The minimum Gasteiger partial charge on any atom is -0.490 e. The van der Waals surface area contributed by atoms with E-state index in [9.17, 15) is 0 Å². The van der Waals surface area contributed by atoms with Crippen molar-refractivity contribution < 1.29 is 6.11 Å². The van der Waals surface area contributed by atoms with Crippen molar-refractivity contribution in [3.05, 3.63) is 30.3 Å². The van der Waals surface area contributed by atoms with Gasteiger partial charge in [0.25, 0.3) is 0 Å². The Bertz CT molecular complexity index is 260. The molecule has 0 N–H and O–H groups in total. The third kappa shape index (κ3) is 3.82. The second-order valence-corrected chi connectivity index (χ2v) is 3.40. The topological polar surface area (TPSA) is 9.23 Å². The van der Waals surface area contributed by atoms with E-state index in [-0.39, 0.29) is 12.5 Å². The van der Waals surface area contributed by atoms with Crippen LogP contribution in [-0.2, 0) is 0 Å². The summed E-state index contributed by atoms with van der Waals surface area (Å²) in [6, 6.07) is 9.78. The summed E-state index contributed by atoms with van der Waals surface area (Å²) < 4.78 is 13.7. The number of hydrogen-bond donors (Lipinski definition) is 0. The van der Waals surface area contributed by atoms with E-state index in [0.29, 0.717) is 0 Å². The van der Waals surface area contributed by atoms with E-state index in [1.165, 1.54) is 0 Å². The van der Waals surface area contributed by atoms with Crippen LogP contribution in [0.2, 0.25) is 0 Å². The maximum Gasteiger partial charge on any atom is 0.119 e. The number of hydrogen-bond acceptors (Lipinski definition) is 1. The van der Waals surface area contributed by atoms with Gasteiger partial charge in [-0.15, -0.1) is 0 Å². The molecule has 0 aliphatic heterocycles. The van der Waals surface area contributed by atoms with Crippen molar-refractivity contribution in [2.75, 3.05) is 0 Å². The molecule has 0 aliphatic rings. The van der Waals surface area contributed by atoms with Gasteiger partial charge in [-0.05, 0) is 25.0 Å². The van der Waals surface area contributed by atoms with E-state index < -0.39 is 0 Å². The molecule has 0 saturated heterocycles. The van der Waals surface area contributed by atoms with E-state index in [4.69, 9.17) is 6.11 Å². The van der Waals surface area contributed by atoms with Crippen LogP contribution < -0.4 is 4.74 Å². The van der Waals surface area contributed by atoms with E-state index in [1.54, 1.807) is 0 Å². The maximum absolute atomic E-state index is 7.95. The standard InChI is InChI=1S/C13H20O/c1-3-5-9-12(4-2)14-13-10-7-6-8-11-13/h6-8,10-12H,3-5,9H2,1-2H3/t12-/m1/s1/i9D/t9-,12-. The van der Waals surface area contributed by atoms with Crippen LogP contribution in [-0.4, -0.2) is 6.10 Å². The Kier molecular flexibility index (Phi) is 4.42. The molecule has 78 valence electrons. The fourth-order valence-electron chi connectivity index (χ4n) is 1.32. The molecule has 0 amide bonds. The molecule has 0 bridgehead atoms. The molecule has 0 spiro atoms. The number of ether oxygens (including phenoxy) is 1. The Balaban J connectivity index is 2.53. The zero-order chi connectivity index (χ0) is 11.1. The molecule has 14 heavy (non-hydrogen) atoms. The lowest BCUT2D eigenvalue weighted by atomic mass is 10.1. The summed E-state index contributed by atoms with van der Waals surface area (Å²) in [5.74, 6) is 0.873. The van der Waals surface area contributed by atoms with Crippen molar-refractivity contribution in [1.82, 2.24) is 0 Å². The number of para-hydroxylation sites is 1. The van der Waals surface area contributed by atoms with Crippen LogP contribution in [0, 0.1) is 0 Å². The third-order valence-electron chi connectivity index (χ3n) is 2.15. The van der Waals surface area contributed by atoms with Gasteiger partial charge < -0.3 is 4.74 Å². The quantitative estimate of drug-likeness (QED) is 0.662. The van der Waals surface area contributed by atoms with Gasteiger partial charge in [-0.1, -0.05) is 44.9 Å². The molecule has 1 aromatic rings. The highest BCUT2D eigenvalue weighted by Crippen LogP contribution is 2.15. The molecule has 0 fully saturated rings. The fourth-order valence-corrected chi connectivity index (χ4v) is 1.32. The van der Waals surface area contributed by atoms with Gasteiger partial charge in [0.15, 0.2) is 0 Å². The Morgan fingerprint density at radius 2 is 2.00 bits per heavy atom. The summed E-state index contributed by atoms with van der Waals surface area (Å²) in [6.45, 7) is 4.18. The Labute approximate surface area is 88.5 Å². The molecule has 2 atom stereocenters. The van der Waals surface area contributed by atoms with E-state index in [1.807, 2.05) is 30.3 Å². The average molecular weight is 193 g/mol. The number of rotatable bonds is 6. The normalized spacial score (nSPS) is 15.7. The maximum atomic E-state index is 7.95. The van der Waals surface area contributed by atoms with Crippen LogP contribution in [0.25, 0.3) is 0 Å². The highest BCUT2D eigenvalue weighted by Gasteiger charge is 2.06. The zero-order valence-corrected chi connectivity index (χ0v) is 9.07. The molecule has 0 unspecified atom stereocenters. The minimum atomic E-state index is -0.111. The lowest BCUT2D eigenvalue weighted by Crippen LogP contribution is -2.14. The zero-order valence-electron chi connectivity index (χ0n) is 10.1. The van der Waals surface area contributed by atoms with Crippen molar-refractivity contribution in [3.63, 3.8) is 0 Å². The van der Waals surface area contributed by atoms with Gasteiger partial charge in [-0.2, -0.15) is 0 Å². The smallest absolute Gasteiger partial charge is 0.119 e. The summed E-state index contributed by atoms with van der Waals surface area (Å²) in [5, 5.41) is 0. The monoisotopic (exact) mass is 193 g/mol. The summed E-state index contributed by atoms with van der Waals surface area (Å²) >= 11 is 0. The molecule has 1 nitrogen and oxygen atoms in total. The molecule has 1 aromatic carbocycles. The van der Waals surface area contributed by atoms with Gasteiger partial charge in [0, 0.05) is 1.37 Å². The summed E-state index contributed by atoms with van der Waals surface area (Å²) in [6.07, 6.45) is 2.75. The van der Waals surface area contributed by atoms with Crippen LogP contribution >= 0.6 is 0 Å². The molecule has 1 rings (SSSR count). The second-order valence-electron chi connectivity index (χ2n) is 3.40. The first-order chi connectivity index (χ1) is 7.27. The van der Waals surface area contributed by atoms with Crippen molar-refractivity contribution >= 4 is 0 Å². The summed E-state index contributed by atoms with van der Waals surface area (Å²) in [5.41, 5.74) is 0. The molecule has 1 heteroatoms. The van der Waals surface area contributed by atoms with Crippen molar-refractivity contribution in [3.8, 4) is 5.75 Å². The Morgan fingerprint density at radius 1 is 1.29 bits per heavy atom. The lowest BCUT2D eigenvalue weighted by molar-refractivity contribution is 0.183. The van der Waals surface area contributed by atoms with Crippen LogP contribution in [0.3, 0.4) is 0 Å². The van der Waals surface area contributed by atoms with Crippen molar-refractivity contribution in [2.24, 2.45) is 0 Å². The first-order valence-electron chi connectivity index (χ1n) is 5.99. The van der Waals surface area contributed by atoms with E-state index in [2.05, 4.69) is 13.8 Å². The molecular formula is C13H20O. The first kappa shape index (κ1) is 9.57. The number of benzene rings is 1. The minimum absolute atomic E-state index is 0.0207. The van der Waals surface area contributed by atoms with Gasteiger partial charge in [-0.25, -0.2) is 0 Å². The van der Waals surface area contributed by atoms with Gasteiger partial charge in [0.2, 0.25) is 0 Å². The van der Waals surface area contributed by atoms with Crippen molar-refractivity contribution in [2.45, 2.75) is 45.6 Å². The van der Waals surface area contributed by atoms with E-state index >= 15 is 0 Å². The average Bonchev–Trinajstić information content (AvgIpc) is 2.27. The van der Waals surface area contributed by atoms with E-state index in [0.717, 1.165) is 25.0 Å². The van der Waals surface area contributed by atoms with Crippen LogP contribution in [0.15, 0.2) is 30.3 Å². The van der Waals surface area contributed by atoms with Crippen molar-refractivity contribution in [1.29, 1.82) is 0 Å². The van der Waals surface area contributed by atoms with Crippen LogP contribution in [0.4, 0.5) is 0 Å². The highest BCUT2D eigenvalue weighted by atomic mass is 16.5. The van der Waals surface area contributed by atoms with Crippen LogP contribution in [0.5, 0.6) is 5.75 Å². The first-order valence-corrected chi connectivity index (χ1v) is 5.41. The van der Waals surface area contributed by atoms with Gasteiger partial charge >= 0.3 is 0 Å². The highest BCUT2D eigenvalue weighted by molar-refractivity contribution is 5.21. The molecular weight excluding hydrogens is 172 g/mol. The summed E-state index contributed by atoms with van der Waals surface area (Å²) in [7, 11) is 0. The molecule has 0 radical (unpaired) electrons. The predicted octanol–water partition coefficient (Wildman–Crippen LogP) is 4.03. The molecule has 0 saturated carbocycles. The van der Waals surface area contributed by atoms with Gasteiger partial charge in [0.05, 0.1) is 6.10 Å². The molecule has 0 heterocycles. The summed E-state index contributed by atoms with van der Waals surface area (Å²) in [4.78, 5) is 0. The lowest BCUT2D eigenvalue weighted by Gasteiger charge is -2.16. The Morgan fingerprint density at radius 3 is 2.57 bits per heavy atom. The Hall–Kier alpha value is -0.980.